The van der Waals surface area contributed by atoms with E-state index in [1.807, 2.05) is 36.4 Å². The molecule has 2 aromatic rings. The SMILES string of the molecule is O=C1CC2(C=Cc3sc(-c4ccccc4)cc32)C(=O)N1. The maximum absolute atomic E-state index is 12.1. The molecule has 1 saturated heterocycles. The molecule has 1 N–H and O–H groups in total. The third-order valence-corrected chi connectivity index (χ3v) is 5.07. The summed E-state index contributed by atoms with van der Waals surface area (Å²) in [4.78, 5) is 25.9. The zero-order chi connectivity index (χ0) is 13.7. The number of nitrogens with one attached hydrogen (secondary N) is 1. The quantitative estimate of drug-likeness (QED) is 0.817. The summed E-state index contributed by atoms with van der Waals surface area (Å²) in [6.07, 6.45) is 4.05. The minimum absolute atomic E-state index is 0.194. The summed E-state index contributed by atoms with van der Waals surface area (Å²) in [5, 5.41) is 2.41. The summed E-state index contributed by atoms with van der Waals surface area (Å²) in [5.41, 5.74) is 1.33. The molecule has 0 radical (unpaired) electrons. The zero-order valence-corrected chi connectivity index (χ0v) is 11.4. The van der Waals surface area contributed by atoms with E-state index in [2.05, 4.69) is 17.4 Å². The Labute approximate surface area is 119 Å². The van der Waals surface area contributed by atoms with Crippen LogP contribution in [0.25, 0.3) is 16.5 Å². The van der Waals surface area contributed by atoms with Crippen LogP contribution in [0, 0.1) is 0 Å². The lowest BCUT2D eigenvalue weighted by molar-refractivity contribution is -0.125. The molecule has 0 saturated carbocycles. The molecule has 2 aliphatic rings. The van der Waals surface area contributed by atoms with E-state index < -0.39 is 5.41 Å². The Balaban J connectivity index is 1.84. The summed E-state index contributed by atoms with van der Waals surface area (Å²) in [5.74, 6) is -0.394. The molecular formula is C16H11NO2S. The largest absolute Gasteiger partial charge is 0.295 e. The first-order valence-electron chi connectivity index (χ1n) is 6.42. The summed E-state index contributed by atoms with van der Waals surface area (Å²) < 4.78 is 0. The van der Waals surface area contributed by atoms with Gasteiger partial charge in [-0.1, -0.05) is 36.4 Å². The third kappa shape index (κ3) is 1.45. The van der Waals surface area contributed by atoms with Gasteiger partial charge in [0.1, 0.15) is 5.41 Å². The minimum atomic E-state index is -0.768. The van der Waals surface area contributed by atoms with Crippen LogP contribution in [-0.2, 0) is 15.0 Å². The van der Waals surface area contributed by atoms with E-state index >= 15 is 0 Å². The van der Waals surface area contributed by atoms with Crippen molar-refractivity contribution in [1.29, 1.82) is 0 Å². The van der Waals surface area contributed by atoms with Crippen molar-refractivity contribution in [3.05, 3.63) is 52.9 Å². The molecule has 4 rings (SSSR count). The fraction of sp³-hybridized carbons (Fsp3) is 0.125. The molecule has 1 aromatic heterocycles. The van der Waals surface area contributed by atoms with Gasteiger partial charge in [0.2, 0.25) is 11.8 Å². The number of benzene rings is 1. The molecule has 1 spiro atoms. The number of amides is 2. The van der Waals surface area contributed by atoms with Crippen molar-refractivity contribution in [3.8, 4) is 10.4 Å². The second-order valence-corrected chi connectivity index (χ2v) is 6.20. The Morgan fingerprint density at radius 3 is 2.65 bits per heavy atom. The van der Waals surface area contributed by atoms with Crippen molar-refractivity contribution in [1.82, 2.24) is 5.32 Å². The number of imide groups is 1. The monoisotopic (exact) mass is 281 g/mol. The average molecular weight is 281 g/mol. The van der Waals surface area contributed by atoms with Crippen LogP contribution in [-0.4, -0.2) is 11.8 Å². The van der Waals surface area contributed by atoms with Crippen LogP contribution < -0.4 is 5.32 Å². The van der Waals surface area contributed by atoms with Crippen molar-refractivity contribution in [2.45, 2.75) is 11.8 Å². The molecule has 1 aliphatic heterocycles. The fourth-order valence-electron chi connectivity index (χ4n) is 2.90. The van der Waals surface area contributed by atoms with Crippen LogP contribution in [0.4, 0.5) is 0 Å². The van der Waals surface area contributed by atoms with Gasteiger partial charge in [-0.15, -0.1) is 11.3 Å². The van der Waals surface area contributed by atoms with E-state index in [1.165, 1.54) is 0 Å². The predicted molar refractivity (Wildman–Crippen MR) is 78.2 cm³/mol. The van der Waals surface area contributed by atoms with Gasteiger partial charge in [-0.05, 0) is 23.3 Å². The highest BCUT2D eigenvalue weighted by molar-refractivity contribution is 7.16. The van der Waals surface area contributed by atoms with Crippen LogP contribution in [0.5, 0.6) is 0 Å². The predicted octanol–water partition coefficient (Wildman–Crippen LogP) is 2.73. The van der Waals surface area contributed by atoms with E-state index in [0.717, 1.165) is 20.9 Å². The van der Waals surface area contributed by atoms with Gasteiger partial charge in [-0.2, -0.15) is 0 Å². The maximum Gasteiger partial charge on any atom is 0.241 e. The van der Waals surface area contributed by atoms with Gasteiger partial charge in [-0.25, -0.2) is 0 Å². The summed E-state index contributed by atoms with van der Waals surface area (Å²) in [6, 6.07) is 12.1. The summed E-state index contributed by atoms with van der Waals surface area (Å²) >= 11 is 1.66. The van der Waals surface area contributed by atoms with E-state index in [9.17, 15) is 9.59 Å². The van der Waals surface area contributed by atoms with E-state index in [4.69, 9.17) is 0 Å². The van der Waals surface area contributed by atoms with Crippen LogP contribution in [0.2, 0.25) is 0 Å². The maximum atomic E-state index is 12.1. The van der Waals surface area contributed by atoms with Crippen LogP contribution in [0.15, 0.2) is 42.5 Å². The lowest BCUT2D eigenvalue weighted by Crippen LogP contribution is -2.32. The van der Waals surface area contributed by atoms with Gasteiger partial charge >= 0.3 is 0 Å². The number of hydrogen-bond donors (Lipinski definition) is 1. The van der Waals surface area contributed by atoms with E-state index in [0.29, 0.717) is 0 Å². The molecule has 98 valence electrons. The first-order chi connectivity index (χ1) is 9.69. The molecule has 3 nitrogen and oxygen atoms in total. The first-order valence-corrected chi connectivity index (χ1v) is 7.24. The van der Waals surface area contributed by atoms with Gasteiger partial charge < -0.3 is 0 Å². The average Bonchev–Trinajstić information content (AvgIpc) is 3.08. The number of hydrogen-bond acceptors (Lipinski definition) is 3. The Bertz CT molecular complexity index is 760. The molecule has 1 fully saturated rings. The molecule has 1 atom stereocenters. The van der Waals surface area contributed by atoms with Gasteiger partial charge in [0.05, 0.1) is 0 Å². The number of carbonyl (C=O) groups excluding carboxylic acids is 2. The topological polar surface area (TPSA) is 46.2 Å². The van der Waals surface area contributed by atoms with Crippen LogP contribution >= 0.6 is 11.3 Å². The number of carbonyl (C=O) groups is 2. The van der Waals surface area contributed by atoms with Crippen molar-refractivity contribution >= 4 is 29.2 Å². The van der Waals surface area contributed by atoms with E-state index in [1.54, 1.807) is 11.3 Å². The van der Waals surface area contributed by atoms with Crippen molar-refractivity contribution in [2.24, 2.45) is 0 Å². The van der Waals surface area contributed by atoms with Crippen molar-refractivity contribution < 1.29 is 9.59 Å². The van der Waals surface area contributed by atoms with E-state index in [-0.39, 0.29) is 18.2 Å². The highest BCUT2D eigenvalue weighted by Crippen LogP contribution is 2.47. The van der Waals surface area contributed by atoms with Gasteiger partial charge in [0, 0.05) is 16.2 Å². The van der Waals surface area contributed by atoms with Crippen LogP contribution in [0.1, 0.15) is 16.9 Å². The summed E-state index contributed by atoms with van der Waals surface area (Å²) in [6.45, 7) is 0. The van der Waals surface area contributed by atoms with Crippen LogP contribution in [0.3, 0.4) is 0 Å². The molecule has 2 heterocycles. The van der Waals surface area contributed by atoms with Gasteiger partial charge in [0.25, 0.3) is 0 Å². The molecule has 1 aromatic carbocycles. The fourth-order valence-corrected chi connectivity index (χ4v) is 4.05. The molecule has 1 unspecified atom stereocenters. The molecule has 20 heavy (non-hydrogen) atoms. The molecule has 0 bridgehead atoms. The third-order valence-electron chi connectivity index (χ3n) is 3.92. The Morgan fingerprint density at radius 1 is 1.15 bits per heavy atom. The molecule has 2 amide bonds. The molecule has 1 aliphatic carbocycles. The number of thiophene rings is 1. The van der Waals surface area contributed by atoms with Gasteiger partial charge in [-0.3, -0.25) is 14.9 Å². The number of fused-ring (bicyclic) bond motifs is 2. The smallest absolute Gasteiger partial charge is 0.241 e. The zero-order valence-electron chi connectivity index (χ0n) is 10.6. The Morgan fingerprint density at radius 2 is 1.95 bits per heavy atom. The Hall–Kier alpha value is -2.20. The lowest BCUT2D eigenvalue weighted by atomic mass is 9.82. The highest BCUT2D eigenvalue weighted by Gasteiger charge is 2.49. The van der Waals surface area contributed by atoms with Gasteiger partial charge in [0.15, 0.2) is 0 Å². The van der Waals surface area contributed by atoms with Crippen molar-refractivity contribution in [2.75, 3.05) is 0 Å². The molecule has 4 heteroatoms. The second kappa shape index (κ2) is 3.90. The highest BCUT2D eigenvalue weighted by atomic mass is 32.1. The summed E-state index contributed by atoms with van der Waals surface area (Å²) in [7, 11) is 0. The standard InChI is InChI=1S/C16H11NO2S/c18-14-9-16(15(19)17-14)7-6-12-11(16)8-13(20-12)10-4-2-1-3-5-10/h1-8H,9H2,(H,17,18,19). The normalized spacial score (nSPS) is 23.4. The minimum Gasteiger partial charge on any atom is -0.295 e. The first kappa shape index (κ1) is 11.6. The van der Waals surface area contributed by atoms with Crippen molar-refractivity contribution in [3.63, 3.8) is 0 Å². The molecular weight excluding hydrogens is 270 g/mol. The second-order valence-electron chi connectivity index (χ2n) is 5.11. The number of rotatable bonds is 1. The Kier molecular flexibility index (Phi) is 2.26. The lowest BCUT2D eigenvalue weighted by Gasteiger charge is -2.16.